The fourth-order valence-corrected chi connectivity index (χ4v) is 1.04. The van der Waals surface area contributed by atoms with Crippen LogP contribution >= 0.6 is 0 Å². The van der Waals surface area contributed by atoms with Crippen LogP contribution in [0.1, 0.15) is 0 Å². The molecule has 0 heterocycles. The number of para-hydroxylation sites is 1. The molecule has 6 heteroatoms. The first-order chi connectivity index (χ1) is 8.06. The fourth-order valence-electron chi connectivity index (χ4n) is 1.04. The minimum atomic E-state index is -1.98. The highest BCUT2D eigenvalue weighted by molar-refractivity contribution is 5.86. The summed E-state index contributed by atoms with van der Waals surface area (Å²) in [5, 5.41) is 18.5. The molecule has 17 heavy (non-hydrogen) atoms. The molecule has 0 radical (unpaired) electrons. The number of ether oxygens (including phenoxy) is 2. The van der Waals surface area contributed by atoms with Crippen molar-refractivity contribution in [3.8, 4) is 5.75 Å². The number of hydrogen-bond donors (Lipinski definition) is 2. The second kappa shape index (κ2) is 5.97. The first-order valence-corrected chi connectivity index (χ1v) is 4.77. The topological polar surface area (TPSA) is 93.1 Å². The summed E-state index contributed by atoms with van der Waals surface area (Å²) in [7, 11) is 1.03. The van der Waals surface area contributed by atoms with E-state index in [0.29, 0.717) is 0 Å². The average molecular weight is 240 g/mol. The lowest BCUT2D eigenvalue weighted by Crippen LogP contribution is -2.42. The van der Waals surface area contributed by atoms with Gasteiger partial charge in [0.1, 0.15) is 5.75 Å². The molecule has 0 saturated heterocycles. The van der Waals surface area contributed by atoms with Crippen LogP contribution in [-0.4, -0.2) is 41.5 Å². The molecule has 1 aromatic carbocycles. The maximum absolute atomic E-state index is 11.3. The lowest BCUT2D eigenvalue weighted by molar-refractivity contribution is -0.166. The number of esters is 2. The predicted octanol–water partition coefficient (Wildman–Crippen LogP) is -0.513. The highest BCUT2D eigenvalue weighted by Gasteiger charge is 2.32. The van der Waals surface area contributed by atoms with Crippen molar-refractivity contribution in [3.63, 3.8) is 0 Å². The van der Waals surface area contributed by atoms with Crippen LogP contribution in [0, 0.1) is 0 Å². The third kappa shape index (κ3) is 3.54. The predicted molar refractivity (Wildman–Crippen MR) is 56.1 cm³/mol. The molecule has 0 aliphatic rings. The zero-order valence-corrected chi connectivity index (χ0v) is 9.07. The van der Waals surface area contributed by atoms with Crippen molar-refractivity contribution in [1.29, 1.82) is 0 Å². The molecule has 1 rings (SSSR count). The maximum Gasteiger partial charge on any atom is 0.343 e. The first-order valence-electron chi connectivity index (χ1n) is 4.77. The summed E-state index contributed by atoms with van der Waals surface area (Å²) in [6, 6.07) is 7.97. The summed E-state index contributed by atoms with van der Waals surface area (Å²) < 4.78 is 8.91. The van der Waals surface area contributed by atoms with Gasteiger partial charge in [-0.1, -0.05) is 18.2 Å². The molecule has 0 aliphatic carbocycles. The van der Waals surface area contributed by atoms with E-state index in [0.717, 1.165) is 7.11 Å². The molecule has 2 N–H and O–H groups in total. The van der Waals surface area contributed by atoms with Crippen LogP contribution in [0.15, 0.2) is 30.3 Å². The SMILES string of the molecule is COC(=O)[C@@H](O)[C@H](O)C(=O)Oc1ccccc1. The van der Waals surface area contributed by atoms with Crippen molar-refractivity contribution in [2.45, 2.75) is 12.2 Å². The van der Waals surface area contributed by atoms with Crippen molar-refractivity contribution in [2.24, 2.45) is 0 Å². The Morgan fingerprint density at radius 2 is 1.59 bits per heavy atom. The van der Waals surface area contributed by atoms with Gasteiger partial charge in [0.2, 0.25) is 0 Å². The van der Waals surface area contributed by atoms with E-state index in [2.05, 4.69) is 4.74 Å². The third-order valence-electron chi connectivity index (χ3n) is 1.94. The van der Waals surface area contributed by atoms with E-state index in [4.69, 9.17) is 4.74 Å². The van der Waals surface area contributed by atoms with Crippen LogP contribution in [0.5, 0.6) is 5.75 Å². The number of aliphatic hydroxyl groups excluding tert-OH is 2. The minimum Gasteiger partial charge on any atom is -0.467 e. The first kappa shape index (κ1) is 13.1. The fraction of sp³-hybridized carbons (Fsp3) is 0.273. The summed E-state index contributed by atoms with van der Waals surface area (Å²) in [5.74, 6) is -2.04. The van der Waals surface area contributed by atoms with Crippen molar-refractivity contribution in [3.05, 3.63) is 30.3 Å². The molecule has 92 valence electrons. The van der Waals surface area contributed by atoms with Gasteiger partial charge in [0.15, 0.2) is 12.2 Å². The number of hydrogen-bond acceptors (Lipinski definition) is 6. The second-order valence-corrected chi connectivity index (χ2v) is 3.15. The Morgan fingerprint density at radius 1 is 1.06 bits per heavy atom. The smallest absolute Gasteiger partial charge is 0.343 e. The van der Waals surface area contributed by atoms with Crippen LogP contribution in [0.3, 0.4) is 0 Å². The van der Waals surface area contributed by atoms with Crippen molar-refractivity contribution in [2.75, 3.05) is 7.11 Å². The Labute approximate surface area is 97.4 Å². The highest BCUT2D eigenvalue weighted by Crippen LogP contribution is 2.10. The van der Waals surface area contributed by atoms with Crippen molar-refractivity contribution >= 4 is 11.9 Å². The van der Waals surface area contributed by atoms with E-state index in [1.807, 2.05) is 0 Å². The van der Waals surface area contributed by atoms with Gasteiger partial charge in [-0.3, -0.25) is 0 Å². The Morgan fingerprint density at radius 3 is 2.12 bits per heavy atom. The number of rotatable bonds is 4. The third-order valence-corrected chi connectivity index (χ3v) is 1.94. The van der Waals surface area contributed by atoms with E-state index < -0.39 is 24.1 Å². The quantitative estimate of drug-likeness (QED) is 0.543. The molecule has 1 aromatic rings. The lowest BCUT2D eigenvalue weighted by Gasteiger charge is -2.14. The minimum absolute atomic E-state index is 0.202. The standard InChI is InChI=1S/C11H12O6/c1-16-10(14)8(12)9(13)11(15)17-7-5-3-2-4-6-7/h2-6,8-9,12-13H,1H3/t8-,9-/m0/s1. The number of carbonyl (C=O) groups is 2. The molecule has 6 nitrogen and oxygen atoms in total. The molecule has 2 atom stereocenters. The summed E-state index contributed by atoms with van der Waals surface area (Å²) in [5.41, 5.74) is 0. The van der Waals surface area contributed by atoms with E-state index in [1.165, 1.54) is 12.1 Å². The largest absolute Gasteiger partial charge is 0.467 e. The van der Waals surface area contributed by atoms with Crippen LogP contribution < -0.4 is 4.74 Å². The molecule has 0 saturated carbocycles. The van der Waals surface area contributed by atoms with E-state index in [-0.39, 0.29) is 5.75 Å². The summed E-state index contributed by atoms with van der Waals surface area (Å²) in [6.45, 7) is 0. The summed E-state index contributed by atoms with van der Waals surface area (Å²) in [6.07, 6.45) is -3.95. The summed E-state index contributed by atoms with van der Waals surface area (Å²) >= 11 is 0. The normalized spacial score (nSPS) is 13.6. The van der Waals surface area contributed by atoms with Gasteiger partial charge in [-0.25, -0.2) is 9.59 Å². The molecule has 0 aromatic heterocycles. The van der Waals surface area contributed by atoms with Gasteiger partial charge in [-0.05, 0) is 12.1 Å². The van der Waals surface area contributed by atoms with Gasteiger partial charge < -0.3 is 19.7 Å². The van der Waals surface area contributed by atoms with E-state index in [9.17, 15) is 19.8 Å². The van der Waals surface area contributed by atoms with E-state index in [1.54, 1.807) is 18.2 Å². The van der Waals surface area contributed by atoms with Gasteiger partial charge in [-0.2, -0.15) is 0 Å². The zero-order valence-electron chi connectivity index (χ0n) is 9.07. The monoisotopic (exact) mass is 240 g/mol. The van der Waals surface area contributed by atoms with Gasteiger partial charge in [0.25, 0.3) is 0 Å². The Bertz CT molecular complexity index is 388. The molecule has 0 bridgehead atoms. The molecule has 0 fully saturated rings. The van der Waals surface area contributed by atoms with Gasteiger partial charge in [-0.15, -0.1) is 0 Å². The van der Waals surface area contributed by atoms with Crippen molar-refractivity contribution < 1.29 is 29.3 Å². The second-order valence-electron chi connectivity index (χ2n) is 3.15. The molecule has 0 spiro atoms. The van der Waals surface area contributed by atoms with Crippen LogP contribution in [0.25, 0.3) is 0 Å². The Balaban J connectivity index is 2.62. The van der Waals surface area contributed by atoms with Gasteiger partial charge >= 0.3 is 11.9 Å². The van der Waals surface area contributed by atoms with Crippen LogP contribution in [0.2, 0.25) is 0 Å². The van der Waals surface area contributed by atoms with Crippen molar-refractivity contribution in [1.82, 2.24) is 0 Å². The molecular formula is C11H12O6. The Hall–Kier alpha value is -1.92. The number of methoxy groups -OCH3 is 1. The lowest BCUT2D eigenvalue weighted by atomic mass is 10.2. The van der Waals surface area contributed by atoms with Crippen LogP contribution in [0.4, 0.5) is 0 Å². The number of aliphatic hydroxyl groups is 2. The average Bonchev–Trinajstić information content (AvgIpc) is 2.37. The van der Waals surface area contributed by atoms with E-state index >= 15 is 0 Å². The number of benzene rings is 1. The zero-order chi connectivity index (χ0) is 12.8. The highest BCUT2D eigenvalue weighted by atomic mass is 16.6. The number of carbonyl (C=O) groups excluding carboxylic acids is 2. The summed E-state index contributed by atoms with van der Waals surface area (Å²) in [4.78, 5) is 22.2. The van der Waals surface area contributed by atoms with Gasteiger partial charge in [0.05, 0.1) is 7.11 Å². The maximum atomic E-state index is 11.3. The van der Waals surface area contributed by atoms with Gasteiger partial charge in [0, 0.05) is 0 Å². The van der Waals surface area contributed by atoms with Crippen LogP contribution in [-0.2, 0) is 14.3 Å². The molecule has 0 unspecified atom stereocenters. The molecule has 0 aliphatic heterocycles. The molecule has 0 amide bonds. The Kier molecular flexibility index (Phi) is 4.62. The molecular weight excluding hydrogens is 228 g/mol.